The summed E-state index contributed by atoms with van der Waals surface area (Å²) in [6.45, 7) is 5.45. The average molecular weight is 530 g/mol. The van der Waals surface area contributed by atoms with Crippen LogP contribution in [0.3, 0.4) is 0 Å². The third-order valence-corrected chi connectivity index (χ3v) is 7.70. The summed E-state index contributed by atoms with van der Waals surface area (Å²) in [4.78, 5) is 34.1. The molecule has 1 fully saturated rings. The average Bonchev–Trinajstić information content (AvgIpc) is 3.20. The number of halogens is 3. The molecule has 0 spiro atoms. The summed E-state index contributed by atoms with van der Waals surface area (Å²) in [6, 6.07) is 10.4. The number of rotatable bonds is 6. The molecule has 0 aliphatic heterocycles. The minimum atomic E-state index is -4.51. The van der Waals surface area contributed by atoms with Gasteiger partial charge in [0.1, 0.15) is 10.9 Å². The van der Waals surface area contributed by atoms with Gasteiger partial charge < -0.3 is 5.32 Å². The zero-order valence-corrected chi connectivity index (χ0v) is 21.9. The Morgan fingerprint density at radius 2 is 1.59 bits per heavy atom. The number of carbonyl (C=O) groups is 2. The van der Waals surface area contributed by atoms with E-state index in [0.717, 1.165) is 49.8 Å². The summed E-state index contributed by atoms with van der Waals surface area (Å²) in [6.07, 6.45) is 0.245. The molecule has 5 nitrogen and oxygen atoms in total. The number of alkyl halides is 3. The molecule has 37 heavy (non-hydrogen) atoms. The predicted molar refractivity (Wildman–Crippen MR) is 139 cm³/mol. The Kier molecular flexibility index (Phi) is 8.02. The van der Waals surface area contributed by atoms with E-state index in [1.807, 2.05) is 19.1 Å². The fourth-order valence-electron chi connectivity index (χ4n) is 4.73. The molecule has 1 N–H and O–H groups in total. The molecule has 1 atom stereocenters. The lowest BCUT2D eigenvalue weighted by Gasteiger charge is -2.33. The highest BCUT2D eigenvalue weighted by Gasteiger charge is 2.37. The van der Waals surface area contributed by atoms with E-state index in [1.54, 1.807) is 26.0 Å². The topological polar surface area (TPSA) is 62.3 Å². The molecule has 9 heteroatoms. The van der Waals surface area contributed by atoms with Gasteiger partial charge in [0.2, 0.25) is 5.91 Å². The van der Waals surface area contributed by atoms with Gasteiger partial charge in [-0.1, -0.05) is 49.1 Å². The lowest BCUT2D eigenvalue weighted by molar-refractivity contribution is -0.137. The summed E-state index contributed by atoms with van der Waals surface area (Å²) in [5.41, 5.74) is 1.48. The minimum absolute atomic E-state index is 0.0412. The van der Waals surface area contributed by atoms with Gasteiger partial charge in [-0.05, 0) is 63.4 Å². The normalized spacial score (nSPS) is 15.3. The Labute approximate surface area is 218 Å². The Morgan fingerprint density at radius 1 is 0.973 bits per heavy atom. The molecule has 0 radical (unpaired) electrons. The van der Waals surface area contributed by atoms with Gasteiger partial charge in [-0.15, -0.1) is 11.3 Å². The summed E-state index contributed by atoms with van der Waals surface area (Å²) >= 11 is 1.23. The van der Waals surface area contributed by atoms with Crippen LogP contribution in [0.5, 0.6) is 0 Å². The van der Waals surface area contributed by atoms with Crippen molar-refractivity contribution in [1.29, 1.82) is 0 Å². The highest BCUT2D eigenvalue weighted by atomic mass is 32.1. The van der Waals surface area contributed by atoms with Gasteiger partial charge in [0.25, 0.3) is 5.91 Å². The molecule has 2 amide bonds. The number of aromatic nitrogens is 1. The van der Waals surface area contributed by atoms with Crippen molar-refractivity contribution in [1.82, 2.24) is 10.3 Å². The molecular formula is C28H30F3N3O2S. The van der Waals surface area contributed by atoms with Gasteiger partial charge in [-0.25, -0.2) is 4.98 Å². The second kappa shape index (κ2) is 11.0. The number of nitrogens with one attached hydrogen (secondary N) is 1. The number of amides is 2. The Balaban J connectivity index is 1.83. The van der Waals surface area contributed by atoms with E-state index in [-0.39, 0.29) is 6.04 Å². The van der Waals surface area contributed by atoms with Crippen molar-refractivity contribution in [2.24, 2.45) is 0 Å². The van der Waals surface area contributed by atoms with Crippen LogP contribution in [0.1, 0.15) is 75.2 Å². The van der Waals surface area contributed by atoms with Crippen LogP contribution in [0.25, 0.3) is 0 Å². The lowest BCUT2D eigenvalue weighted by Crippen LogP contribution is -2.47. The van der Waals surface area contributed by atoms with Gasteiger partial charge in [0.05, 0.1) is 16.3 Å². The zero-order valence-electron chi connectivity index (χ0n) is 21.1. The van der Waals surface area contributed by atoms with Crippen LogP contribution in [0.4, 0.5) is 18.9 Å². The quantitative estimate of drug-likeness (QED) is 0.377. The van der Waals surface area contributed by atoms with Crippen molar-refractivity contribution < 1.29 is 22.8 Å². The molecular weight excluding hydrogens is 499 g/mol. The maximum absolute atomic E-state index is 14.0. The van der Waals surface area contributed by atoms with E-state index in [9.17, 15) is 22.8 Å². The number of carbonyl (C=O) groups excluding carboxylic acids is 2. The smallest absolute Gasteiger partial charge is 0.351 e. The van der Waals surface area contributed by atoms with Crippen LogP contribution in [-0.4, -0.2) is 22.8 Å². The van der Waals surface area contributed by atoms with E-state index in [0.29, 0.717) is 26.8 Å². The third-order valence-electron chi connectivity index (χ3n) is 6.64. The first-order chi connectivity index (χ1) is 17.5. The van der Waals surface area contributed by atoms with Crippen LogP contribution in [0.2, 0.25) is 0 Å². The number of hydrogen-bond donors (Lipinski definition) is 1. The largest absolute Gasteiger partial charge is 0.416 e. The van der Waals surface area contributed by atoms with E-state index >= 15 is 0 Å². The second-order valence-electron chi connectivity index (χ2n) is 9.52. The van der Waals surface area contributed by atoms with Crippen LogP contribution in [-0.2, 0) is 11.0 Å². The SMILES string of the molecule is Cc1ccc(N(C(=O)c2sc(C)nc2C)C(C(=O)NC2CCCCC2)c2ccc(C(F)(F)F)cc2)cc1. The summed E-state index contributed by atoms with van der Waals surface area (Å²) in [5.74, 6) is -0.838. The minimum Gasteiger partial charge on any atom is -0.351 e. The first-order valence-corrected chi connectivity index (χ1v) is 13.2. The van der Waals surface area contributed by atoms with Gasteiger partial charge >= 0.3 is 6.18 Å². The van der Waals surface area contributed by atoms with E-state index in [4.69, 9.17) is 0 Å². The van der Waals surface area contributed by atoms with Crippen LogP contribution in [0, 0.1) is 20.8 Å². The van der Waals surface area contributed by atoms with Gasteiger partial charge in [0.15, 0.2) is 0 Å². The van der Waals surface area contributed by atoms with Crippen molar-refractivity contribution in [3.05, 3.63) is 80.8 Å². The Bertz CT molecular complexity index is 1250. The molecule has 196 valence electrons. The fraction of sp³-hybridized carbons (Fsp3) is 0.393. The van der Waals surface area contributed by atoms with Crippen LogP contribution in [0.15, 0.2) is 48.5 Å². The first kappa shape index (κ1) is 26.9. The summed E-state index contributed by atoms with van der Waals surface area (Å²) in [5, 5.41) is 3.79. The highest BCUT2D eigenvalue weighted by Crippen LogP contribution is 2.35. The van der Waals surface area contributed by atoms with E-state index in [2.05, 4.69) is 10.3 Å². The van der Waals surface area contributed by atoms with Gasteiger partial charge in [-0.3, -0.25) is 14.5 Å². The first-order valence-electron chi connectivity index (χ1n) is 12.4. The van der Waals surface area contributed by atoms with Crippen molar-refractivity contribution in [3.63, 3.8) is 0 Å². The Morgan fingerprint density at radius 3 is 2.14 bits per heavy atom. The van der Waals surface area contributed by atoms with Crippen LogP contribution < -0.4 is 10.2 Å². The van der Waals surface area contributed by atoms with Crippen molar-refractivity contribution in [3.8, 4) is 0 Å². The molecule has 0 bridgehead atoms. The van der Waals surface area contributed by atoms with Crippen molar-refractivity contribution in [2.45, 2.75) is 71.1 Å². The number of aryl methyl sites for hydroxylation is 3. The Hall–Kier alpha value is -3.20. The summed E-state index contributed by atoms with van der Waals surface area (Å²) in [7, 11) is 0. The zero-order chi connectivity index (χ0) is 26.7. The molecule has 0 saturated heterocycles. The van der Waals surface area contributed by atoms with Gasteiger partial charge in [0, 0.05) is 11.7 Å². The molecule has 1 saturated carbocycles. The number of anilines is 1. The summed E-state index contributed by atoms with van der Waals surface area (Å²) < 4.78 is 39.9. The lowest BCUT2D eigenvalue weighted by atomic mass is 9.94. The number of nitrogens with zero attached hydrogens (tertiary/aromatic N) is 2. The number of hydrogen-bond acceptors (Lipinski definition) is 4. The van der Waals surface area contributed by atoms with Crippen molar-refractivity contribution in [2.75, 3.05) is 4.90 Å². The fourth-order valence-corrected chi connectivity index (χ4v) is 5.58. The highest BCUT2D eigenvalue weighted by molar-refractivity contribution is 7.13. The maximum atomic E-state index is 14.0. The van der Waals surface area contributed by atoms with E-state index in [1.165, 1.54) is 28.4 Å². The van der Waals surface area contributed by atoms with E-state index < -0.39 is 29.6 Å². The van der Waals surface area contributed by atoms with Gasteiger partial charge in [-0.2, -0.15) is 13.2 Å². The molecule has 1 aromatic heterocycles. The monoisotopic (exact) mass is 529 g/mol. The van der Waals surface area contributed by atoms with Crippen LogP contribution >= 0.6 is 11.3 Å². The third kappa shape index (κ3) is 6.21. The van der Waals surface area contributed by atoms with Crippen molar-refractivity contribution >= 4 is 28.8 Å². The number of benzene rings is 2. The predicted octanol–water partition coefficient (Wildman–Crippen LogP) is 6.92. The standard InChI is InChI=1S/C28H30F3N3O2S/c1-17-9-15-23(16-10-17)34(27(36)25-18(2)32-19(3)37-25)24(26(35)33-22-7-5-4-6-8-22)20-11-13-21(14-12-20)28(29,30)31/h9-16,22,24H,4-8H2,1-3H3,(H,33,35). The second-order valence-corrected chi connectivity index (χ2v) is 10.7. The molecule has 1 aliphatic rings. The molecule has 4 rings (SSSR count). The molecule has 1 aliphatic carbocycles. The molecule has 1 heterocycles. The molecule has 2 aromatic carbocycles. The number of thiazole rings is 1. The molecule has 3 aromatic rings. The maximum Gasteiger partial charge on any atom is 0.416 e. The molecule has 1 unspecified atom stereocenters.